The second kappa shape index (κ2) is 7.58. The molecule has 0 aliphatic carbocycles. The molecule has 0 aliphatic rings. The molecule has 166 valence electrons. The van der Waals surface area contributed by atoms with E-state index in [1.54, 1.807) is 0 Å². The summed E-state index contributed by atoms with van der Waals surface area (Å²) in [6.45, 7) is 4.44. The van der Waals surface area contributed by atoms with E-state index in [1.165, 1.54) is 65.7 Å². The molecule has 0 N–H and O–H groups in total. The zero-order valence-electron chi connectivity index (χ0n) is 19.8. The average molecular weight is 449 g/mol. The van der Waals surface area contributed by atoms with Crippen LogP contribution in [0.4, 0.5) is 0 Å². The van der Waals surface area contributed by atoms with E-state index < -0.39 is 0 Å². The number of aryl methyl sites for hydroxylation is 2. The Morgan fingerprint density at radius 2 is 0.829 bits per heavy atom. The summed E-state index contributed by atoms with van der Waals surface area (Å²) in [4.78, 5) is 0. The van der Waals surface area contributed by atoms with Crippen molar-refractivity contribution in [1.29, 1.82) is 0 Å². The van der Waals surface area contributed by atoms with E-state index in [4.69, 9.17) is 4.42 Å². The van der Waals surface area contributed by atoms with Crippen LogP contribution in [0.5, 0.6) is 0 Å². The molecule has 0 atom stereocenters. The highest BCUT2D eigenvalue weighted by atomic mass is 16.3. The molecule has 35 heavy (non-hydrogen) atoms. The number of rotatable bonds is 2. The third kappa shape index (κ3) is 2.95. The van der Waals surface area contributed by atoms with Gasteiger partial charge in [0.15, 0.2) is 0 Å². The van der Waals surface area contributed by atoms with Crippen molar-refractivity contribution < 1.29 is 4.42 Å². The molecule has 1 heteroatoms. The maximum Gasteiger partial charge on any atom is 0.135 e. The Hall–Kier alpha value is -4.36. The Labute approximate surface area is 204 Å². The van der Waals surface area contributed by atoms with Gasteiger partial charge in [0, 0.05) is 10.8 Å². The molecule has 6 aromatic carbocycles. The standard InChI is InChI=1S/C34H24O/c1-21-13-15-27-25(23-9-5-3-6-10-23)17-19-29-33(27)31(21)32-22(2)14-16-28-26(24-11-7-4-8-12-24)18-20-30(35-29)34(28)32/h3-20H,1-2H3. The third-order valence-electron chi connectivity index (χ3n) is 7.34. The lowest BCUT2D eigenvalue weighted by Crippen LogP contribution is -1.88. The largest absolute Gasteiger partial charge is 0.456 e. The van der Waals surface area contributed by atoms with E-state index in [1.807, 2.05) is 0 Å². The predicted molar refractivity (Wildman–Crippen MR) is 149 cm³/mol. The van der Waals surface area contributed by atoms with Gasteiger partial charge in [0.2, 0.25) is 0 Å². The molecule has 0 spiro atoms. The molecule has 7 rings (SSSR count). The monoisotopic (exact) mass is 448 g/mol. The molecule has 0 saturated carbocycles. The van der Waals surface area contributed by atoms with E-state index in [0.717, 1.165) is 11.2 Å². The summed E-state index contributed by atoms with van der Waals surface area (Å²) in [6.07, 6.45) is 0. The zero-order chi connectivity index (χ0) is 23.5. The fraction of sp³-hybridized carbons (Fsp3) is 0.0588. The minimum absolute atomic E-state index is 0.919. The van der Waals surface area contributed by atoms with Gasteiger partial charge in [-0.3, -0.25) is 0 Å². The lowest BCUT2D eigenvalue weighted by atomic mass is 9.89. The highest BCUT2D eigenvalue weighted by molar-refractivity contribution is 6.27. The minimum Gasteiger partial charge on any atom is -0.456 e. The van der Waals surface area contributed by atoms with E-state index in [2.05, 4.69) is 123 Å². The van der Waals surface area contributed by atoms with Gasteiger partial charge in [-0.25, -0.2) is 0 Å². The van der Waals surface area contributed by atoms with Gasteiger partial charge in [0.25, 0.3) is 0 Å². The topological polar surface area (TPSA) is 13.1 Å². The third-order valence-corrected chi connectivity index (χ3v) is 7.34. The molecule has 1 aromatic heterocycles. The molecule has 1 nitrogen and oxygen atoms in total. The quantitative estimate of drug-likeness (QED) is 0.256. The molecular formula is C34H24O. The second-order valence-corrected chi connectivity index (χ2v) is 9.42. The van der Waals surface area contributed by atoms with E-state index >= 15 is 0 Å². The molecule has 7 aromatic rings. The van der Waals surface area contributed by atoms with Crippen LogP contribution in [0.3, 0.4) is 0 Å². The molecule has 1 heterocycles. The van der Waals surface area contributed by atoms with Crippen molar-refractivity contribution in [3.8, 4) is 22.3 Å². The number of benzene rings is 6. The molecule has 0 amide bonds. The number of fused-ring (bicyclic) bond motifs is 1. The average Bonchev–Trinajstić information content (AvgIpc) is 3.06. The summed E-state index contributed by atoms with van der Waals surface area (Å²) in [5.41, 5.74) is 9.27. The fourth-order valence-electron chi connectivity index (χ4n) is 5.71. The van der Waals surface area contributed by atoms with Gasteiger partial charge in [-0.15, -0.1) is 0 Å². The second-order valence-electron chi connectivity index (χ2n) is 9.42. The van der Waals surface area contributed by atoms with Crippen LogP contribution < -0.4 is 0 Å². The van der Waals surface area contributed by atoms with Gasteiger partial charge in [-0.1, -0.05) is 97.1 Å². The van der Waals surface area contributed by atoms with E-state index in [-0.39, 0.29) is 0 Å². The van der Waals surface area contributed by atoms with Crippen LogP contribution in [-0.4, -0.2) is 0 Å². The first-order valence-electron chi connectivity index (χ1n) is 12.1. The van der Waals surface area contributed by atoms with Gasteiger partial charge < -0.3 is 4.42 Å². The maximum absolute atomic E-state index is 6.74. The highest BCUT2D eigenvalue weighted by Crippen LogP contribution is 2.44. The van der Waals surface area contributed by atoms with Gasteiger partial charge >= 0.3 is 0 Å². The van der Waals surface area contributed by atoms with Crippen molar-refractivity contribution in [2.45, 2.75) is 13.8 Å². The Kier molecular flexibility index (Phi) is 4.34. The van der Waals surface area contributed by atoms with Crippen LogP contribution in [0.25, 0.3) is 65.7 Å². The van der Waals surface area contributed by atoms with E-state index in [0.29, 0.717) is 0 Å². The molecule has 0 radical (unpaired) electrons. The summed E-state index contributed by atoms with van der Waals surface area (Å²) in [7, 11) is 0. The Balaban J connectivity index is 1.73. The van der Waals surface area contributed by atoms with Crippen molar-refractivity contribution in [2.24, 2.45) is 0 Å². The lowest BCUT2D eigenvalue weighted by molar-refractivity contribution is 0.664. The summed E-state index contributed by atoms with van der Waals surface area (Å²) in [5.74, 6) is 0. The minimum atomic E-state index is 0.919. The van der Waals surface area contributed by atoms with Crippen molar-refractivity contribution in [1.82, 2.24) is 0 Å². The van der Waals surface area contributed by atoms with Crippen LogP contribution in [0, 0.1) is 13.8 Å². The summed E-state index contributed by atoms with van der Waals surface area (Å²) < 4.78 is 6.74. The highest BCUT2D eigenvalue weighted by Gasteiger charge is 2.18. The molecule has 0 saturated heterocycles. The number of hydrogen-bond acceptors (Lipinski definition) is 1. The van der Waals surface area contributed by atoms with Crippen LogP contribution in [0.1, 0.15) is 11.1 Å². The van der Waals surface area contributed by atoms with Gasteiger partial charge in [-0.05, 0) is 80.9 Å². The molecule has 0 unspecified atom stereocenters. The number of hydrogen-bond donors (Lipinski definition) is 0. The maximum atomic E-state index is 6.74. The van der Waals surface area contributed by atoms with Crippen LogP contribution in [0.2, 0.25) is 0 Å². The van der Waals surface area contributed by atoms with Crippen molar-refractivity contribution >= 4 is 43.5 Å². The first-order valence-corrected chi connectivity index (χ1v) is 12.1. The van der Waals surface area contributed by atoms with Crippen molar-refractivity contribution in [3.05, 3.63) is 120 Å². The summed E-state index contributed by atoms with van der Waals surface area (Å²) in [5, 5.41) is 7.40. The zero-order valence-corrected chi connectivity index (χ0v) is 19.8. The van der Waals surface area contributed by atoms with Gasteiger partial charge in [-0.2, -0.15) is 0 Å². The fourth-order valence-corrected chi connectivity index (χ4v) is 5.71. The normalized spacial score (nSPS) is 11.7. The SMILES string of the molecule is Cc1ccc2c(-c3ccccc3)ccc3oc4ccc(-c5ccccc5)c5ccc(C)c(c1c32)c45. The van der Waals surface area contributed by atoms with Gasteiger partial charge in [0.05, 0.1) is 0 Å². The Morgan fingerprint density at radius 1 is 0.400 bits per heavy atom. The van der Waals surface area contributed by atoms with Crippen LogP contribution in [-0.2, 0) is 0 Å². The lowest BCUT2D eigenvalue weighted by Gasteiger charge is -2.13. The predicted octanol–water partition coefficient (Wildman–Crippen LogP) is 9.84. The summed E-state index contributed by atoms with van der Waals surface area (Å²) in [6, 6.07) is 39.0. The Bertz CT molecular complexity index is 1750. The first-order chi connectivity index (χ1) is 17.2. The Morgan fingerprint density at radius 3 is 1.26 bits per heavy atom. The molecule has 0 fully saturated rings. The van der Waals surface area contributed by atoms with Crippen LogP contribution >= 0.6 is 0 Å². The molecule has 0 aliphatic heterocycles. The first kappa shape index (κ1) is 20.1. The van der Waals surface area contributed by atoms with Gasteiger partial charge in [0.1, 0.15) is 11.2 Å². The van der Waals surface area contributed by atoms with Crippen molar-refractivity contribution in [3.63, 3.8) is 0 Å². The van der Waals surface area contributed by atoms with E-state index in [9.17, 15) is 0 Å². The van der Waals surface area contributed by atoms with Crippen molar-refractivity contribution in [2.75, 3.05) is 0 Å². The summed E-state index contributed by atoms with van der Waals surface area (Å²) >= 11 is 0. The van der Waals surface area contributed by atoms with Crippen LogP contribution in [0.15, 0.2) is 114 Å². The molecule has 0 bridgehead atoms. The molecular weight excluding hydrogens is 424 g/mol. The smallest absolute Gasteiger partial charge is 0.135 e.